The third-order valence-electron chi connectivity index (χ3n) is 2.11. The first-order valence-corrected chi connectivity index (χ1v) is 5.48. The number of carbonyl (C=O) groups excluding carboxylic acids is 1. The molecule has 5 nitrogen and oxygen atoms in total. The highest BCUT2D eigenvalue weighted by atomic mass is 35.5. The second kappa shape index (κ2) is 4.73. The van der Waals surface area contributed by atoms with E-state index in [-0.39, 0.29) is 16.9 Å². The first-order valence-electron chi connectivity index (χ1n) is 4.73. The summed E-state index contributed by atoms with van der Waals surface area (Å²) in [4.78, 5) is 21.4. The van der Waals surface area contributed by atoms with E-state index < -0.39 is 5.91 Å². The van der Waals surface area contributed by atoms with Crippen LogP contribution in [0.4, 0.5) is 0 Å². The number of nitrogens with two attached hydrogens (primary N) is 1. The molecule has 2 heterocycles. The van der Waals surface area contributed by atoms with Crippen LogP contribution in [0.1, 0.15) is 12.0 Å². The molecule has 0 unspecified atom stereocenters. The van der Waals surface area contributed by atoms with Gasteiger partial charge in [0.2, 0.25) is 11.2 Å². The van der Waals surface area contributed by atoms with Gasteiger partial charge in [0.15, 0.2) is 0 Å². The van der Waals surface area contributed by atoms with E-state index in [0.717, 1.165) is 5.56 Å². The zero-order valence-corrected chi connectivity index (χ0v) is 10.1. The van der Waals surface area contributed by atoms with E-state index in [0.29, 0.717) is 11.0 Å². The number of halogens is 2. The van der Waals surface area contributed by atoms with E-state index in [9.17, 15) is 4.79 Å². The number of primary amides is 1. The van der Waals surface area contributed by atoms with Crippen LogP contribution >= 0.6 is 23.2 Å². The number of rotatable bonds is 3. The van der Waals surface area contributed by atoms with Crippen molar-refractivity contribution in [3.05, 3.63) is 28.3 Å². The van der Waals surface area contributed by atoms with E-state index >= 15 is 0 Å². The SMILES string of the molecule is NC(=O)CC=Cc1c[nH]c2nc(Cl)nc(Cl)c12. The van der Waals surface area contributed by atoms with E-state index in [1.54, 1.807) is 18.3 Å². The van der Waals surface area contributed by atoms with E-state index in [4.69, 9.17) is 28.9 Å². The van der Waals surface area contributed by atoms with Gasteiger partial charge in [-0.15, -0.1) is 0 Å². The van der Waals surface area contributed by atoms with E-state index in [2.05, 4.69) is 15.0 Å². The summed E-state index contributed by atoms with van der Waals surface area (Å²) in [7, 11) is 0. The number of hydrogen-bond donors (Lipinski definition) is 2. The van der Waals surface area contributed by atoms with E-state index in [1.807, 2.05) is 0 Å². The van der Waals surface area contributed by atoms with Gasteiger partial charge >= 0.3 is 0 Å². The van der Waals surface area contributed by atoms with Gasteiger partial charge in [-0.3, -0.25) is 4.79 Å². The maximum atomic E-state index is 10.6. The molecule has 0 saturated carbocycles. The van der Waals surface area contributed by atoms with Gasteiger partial charge in [0, 0.05) is 18.2 Å². The highest BCUT2D eigenvalue weighted by molar-refractivity contribution is 6.36. The van der Waals surface area contributed by atoms with Gasteiger partial charge in [-0.05, 0) is 11.6 Å². The molecule has 7 heteroatoms. The highest BCUT2D eigenvalue weighted by Gasteiger charge is 2.09. The molecule has 0 aliphatic carbocycles. The number of carbonyl (C=O) groups is 1. The van der Waals surface area contributed by atoms with Crippen LogP contribution in [0.15, 0.2) is 12.3 Å². The average molecular weight is 271 g/mol. The summed E-state index contributed by atoms with van der Waals surface area (Å²) in [5, 5.41) is 1.01. The van der Waals surface area contributed by atoms with Gasteiger partial charge in [0.25, 0.3) is 0 Å². The number of aromatic amines is 1. The Morgan fingerprint density at radius 3 is 2.94 bits per heavy atom. The first kappa shape index (κ1) is 11.9. The van der Waals surface area contributed by atoms with Crippen molar-refractivity contribution in [1.82, 2.24) is 15.0 Å². The van der Waals surface area contributed by atoms with Crippen LogP contribution in [0.25, 0.3) is 17.1 Å². The molecule has 0 saturated heterocycles. The number of amides is 1. The molecule has 0 aromatic carbocycles. The Labute approximate surface area is 107 Å². The molecule has 0 aliphatic heterocycles. The maximum Gasteiger partial charge on any atom is 0.225 e. The van der Waals surface area contributed by atoms with Crippen LogP contribution in [-0.2, 0) is 4.79 Å². The molecule has 17 heavy (non-hydrogen) atoms. The molecule has 0 bridgehead atoms. The Bertz CT molecular complexity index is 606. The third kappa shape index (κ3) is 2.57. The predicted octanol–water partition coefficient (Wildman–Crippen LogP) is 2.15. The van der Waals surface area contributed by atoms with Gasteiger partial charge in [0.1, 0.15) is 10.8 Å². The number of nitrogens with zero attached hydrogens (tertiary/aromatic N) is 2. The van der Waals surface area contributed by atoms with E-state index in [1.165, 1.54) is 0 Å². The zero-order chi connectivity index (χ0) is 12.4. The number of H-pyrrole nitrogens is 1. The molecule has 3 N–H and O–H groups in total. The molecule has 0 radical (unpaired) electrons. The molecule has 0 fully saturated rings. The molecular formula is C10H8Cl2N4O. The second-order valence-corrected chi connectivity index (χ2v) is 4.02. The summed E-state index contributed by atoms with van der Waals surface area (Å²) in [5.74, 6) is -0.397. The summed E-state index contributed by atoms with van der Waals surface area (Å²) in [6, 6.07) is 0. The molecule has 1 amide bonds. The molecule has 2 aromatic heterocycles. The van der Waals surface area contributed by atoms with Crippen molar-refractivity contribution < 1.29 is 4.79 Å². The van der Waals surface area contributed by atoms with Crippen LogP contribution in [0.5, 0.6) is 0 Å². The normalized spacial score (nSPS) is 11.4. The number of nitrogens with one attached hydrogen (secondary N) is 1. The minimum Gasteiger partial charge on any atom is -0.369 e. The molecule has 88 valence electrons. The minimum atomic E-state index is -0.397. The predicted molar refractivity (Wildman–Crippen MR) is 66.8 cm³/mol. The first-order chi connectivity index (χ1) is 8.08. The zero-order valence-electron chi connectivity index (χ0n) is 8.58. The standard InChI is InChI=1S/C10H8Cl2N4O/c11-8-7-5(2-1-3-6(13)17)4-14-9(7)16-10(12)15-8/h1-2,4H,3H2,(H2,13,17)(H,14,15,16). The lowest BCUT2D eigenvalue weighted by Gasteiger charge is -1.95. The van der Waals surface area contributed by atoms with Crippen LogP contribution in [-0.4, -0.2) is 20.9 Å². The Kier molecular flexibility index (Phi) is 3.31. The summed E-state index contributed by atoms with van der Waals surface area (Å²) >= 11 is 11.6. The van der Waals surface area contributed by atoms with Crippen molar-refractivity contribution in [2.24, 2.45) is 5.73 Å². The summed E-state index contributed by atoms with van der Waals surface area (Å²) < 4.78 is 0. The highest BCUT2D eigenvalue weighted by Crippen LogP contribution is 2.26. The summed E-state index contributed by atoms with van der Waals surface area (Å²) in [6.45, 7) is 0. The molecule has 2 rings (SSSR count). The fourth-order valence-electron chi connectivity index (χ4n) is 1.42. The molecule has 0 aliphatic rings. The fraction of sp³-hybridized carbons (Fsp3) is 0.100. The third-order valence-corrected chi connectivity index (χ3v) is 2.55. The Morgan fingerprint density at radius 2 is 2.24 bits per heavy atom. The van der Waals surface area contributed by atoms with Crippen molar-refractivity contribution in [2.45, 2.75) is 6.42 Å². The van der Waals surface area contributed by atoms with Crippen LogP contribution < -0.4 is 5.73 Å². The molecule has 2 aromatic rings. The smallest absolute Gasteiger partial charge is 0.225 e. The van der Waals surface area contributed by atoms with Crippen molar-refractivity contribution in [3.63, 3.8) is 0 Å². The topological polar surface area (TPSA) is 84.7 Å². The van der Waals surface area contributed by atoms with Crippen LogP contribution in [0, 0.1) is 0 Å². The number of aromatic nitrogens is 3. The van der Waals surface area contributed by atoms with Gasteiger partial charge < -0.3 is 10.7 Å². The Balaban J connectivity index is 2.42. The quantitative estimate of drug-likeness (QED) is 0.662. The van der Waals surface area contributed by atoms with Crippen molar-refractivity contribution in [3.8, 4) is 0 Å². The fourth-order valence-corrected chi connectivity index (χ4v) is 1.91. The van der Waals surface area contributed by atoms with Gasteiger partial charge in [0.05, 0.1) is 5.39 Å². The monoisotopic (exact) mass is 270 g/mol. The Morgan fingerprint density at radius 1 is 1.47 bits per heavy atom. The van der Waals surface area contributed by atoms with Gasteiger partial charge in [-0.2, -0.15) is 4.98 Å². The minimum absolute atomic E-state index is 0.0806. The van der Waals surface area contributed by atoms with Gasteiger partial charge in [-0.25, -0.2) is 4.98 Å². The second-order valence-electron chi connectivity index (χ2n) is 3.32. The van der Waals surface area contributed by atoms with Gasteiger partial charge in [-0.1, -0.05) is 23.8 Å². The summed E-state index contributed by atoms with van der Waals surface area (Å²) in [5.41, 5.74) is 6.36. The maximum absolute atomic E-state index is 10.6. The van der Waals surface area contributed by atoms with Crippen LogP contribution in [0.3, 0.4) is 0 Å². The number of hydrogen-bond acceptors (Lipinski definition) is 3. The lowest BCUT2D eigenvalue weighted by Crippen LogP contribution is -2.07. The lowest BCUT2D eigenvalue weighted by atomic mass is 10.2. The van der Waals surface area contributed by atoms with Crippen molar-refractivity contribution >= 4 is 46.2 Å². The van der Waals surface area contributed by atoms with Crippen molar-refractivity contribution in [2.75, 3.05) is 0 Å². The number of fused-ring (bicyclic) bond motifs is 1. The molecule has 0 spiro atoms. The largest absolute Gasteiger partial charge is 0.369 e. The van der Waals surface area contributed by atoms with Crippen LogP contribution in [0.2, 0.25) is 10.4 Å². The van der Waals surface area contributed by atoms with Crippen molar-refractivity contribution in [1.29, 1.82) is 0 Å². The lowest BCUT2D eigenvalue weighted by molar-refractivity contribution is -0.117. The Hall–Kier alpha value is -1.59. The summed E-state index contributed by atoms with van der Waals surface area (Å²) in [6.07, 6.45) is 5.25. The molecular weight excluding hydrogens is 263 g/mol. The molecule has 0 atom stereocenters. The average Bonchev–Trinajstić information content (AvgIpc) is 2.60.